The Bertz CT molecular complexity index is 1080. The van der Waals surface area contributed by atoms with Crippen molar-refractivity contribution >= 4 is 27.7 Å². The summed E-state index contributed by atoms with van der Waals surface area (Å²) in [5.74, 6) is 0.0557. The summed E-state index contributed by atoms with van der Waals surface area (Å²) in [6.07, 6.45) is 3.27. The lowest BCUT2D eigenvalue weighted by Crippen LogP contribution is -2.38. The Morgan fingerprint density at radius 2 is 1.94 bits per heavy atom. The summed E-state index contributed by atoms with van der Waals surface area (Å²) in [5.41, 5.74) is 0.979. The lowest BCUT2D eigenvalue weighted by molar-refractivity contribution is -0.151. The minimum absolute atomic E-state index is 0.141. The van der Waals surface area contributed by atoms with Crippen LogP contribution < -0.4 is 14.8 Å². The third kappa shape index (κ3) is 5.43. The van der Waals surface area contributed by atoms with E-state index in [0.717, 1.165) is 5.56 Å². The lowest BCUT2D eigenvalue weighted by Gasteiger charge is -2.27. The van der Waals surface area contributed by atoms with Crippen LogP contribution in [0.25, 0.3) is 0 Å². The summed E-state index contributed by atoms with van der Waals surface area (Å²) >= 11 is 0. The summed E-state index contributed by atoms with van der Waals surface area (Å²) in [6, 6.07) is 5.26. The fraction of sp³-hybridized carbons (Fsp3) is 0.350. The minimum Gasteiger partial charge on any atom is -0.493 e. The van der Waals surface area contributed by atoms with Crippen LogP contribution in [0.5, 0.6) is 11.5 Å². The number of carbonyl (C=O) groups is 2. The Balaban J connectivity index is 1.56. The predicted molar refractivity (Wildman–Crippen MR) is 112 cm³/mol. The van der Waals surface area contributed by atoms with Crippen molar-refractivity contribution in [2.24, 2.45) is 4.40 Å². The van der Waals surface area contributed by atoms with E-state index in [-0.39, 0.29) is 30.3 Å². The van der Waals surface area contributed by atoms with Gasteiger partial charge in [0.2, 0.25) is 0 Å². The quantitative estimate of drug-likeness (QED) is 0.605. The van der Waals surface area contributed by atoms with Crippen LogP contribution in [0.15, 0.2) is 46.5 Å². The van der Waals surface area contributed by atoms with E-state index < -0.39 is 28.0 Å². The van der Waals surface area contributed by atoms with Crippen molar-refractivity contribution in [3.63, 3.8) is 0 Å². The number of methoxy groups -OCH3 is 2. The summed E-state index contributed by atoms with van der Waals surface area (Å²) in [6.45, 7) is 1.87. The van der Waals surface area contributed by atoms with E-state index in [1.54, 1.807) is 23.1 Å². The molecule has 0 saturated carbocycles. The van der Waals surface area contributed by atoms with E-state index in [0.29, 0.717) is 11.5 Å². The molecule has 2 heterocycles. The Labute approximate surface area is 180 Å². The first-order valence-corrected chi connectivity index (χ1v) is 11.0. The van der Waals surface area contributed by atoms with Crippen molar-refractivity contribution in [1.29, 1.82) is 0 Å². The molecule has 0 bridgehead atoms. The van der Waals surface area contributed by atoms with E-state index >= 15 is 0 Å². The molecular weight excluding hydrogens is 426 g/mol. The standard InChI is InChI=1S/C20H23N3O7S/c1-13(19(24)21-11-14-4-6-16(28-2)17(10-14)29-3)30-20(25)15-5-7-18-22-31(26,27)9-8-23(18)12-15/h4-7,10,12-13H,8-9,11H2,1-3H3,(H,21,24). The lowest BCUT2D eigenvalue weighted by atomic mass is 10.2. The Hall–Kier alpha value is -3.34. The number of fused-ring (bicyclic) bond motifs is 1. The first-order chi connectivity index (χ1) is 14.7. The minimum atomic E-state index is -3.48. The Kier molecular flexibility index (Phi) is 6.64. The maximum absolute atomic E-state index is 12.4. The van der Waals surface area contributed by atoms with Crippen LogP contribution in [0.2, 0.25) is 0 Å². The van der Waals surface area contributed by atoms with Gasteiger partial charge in [-0.05, 0) is 36.8 Å². The Morgan fingerprint density at radius 1 is 1.19 bits per heavy atom. The fourth-order valence-electron chi connectivity index (χ4n) is 2.93. The molecule has 1 N–H and O–H groups in total. The van der Waals surface area contributed by atoms with Crippen LogP contribution >= 0.6 is 0 Å². The number of nitrogens with zero attached hydrogens (tertiary/aromatic N) is 2. The number of amidine groups is 1. The number of benzene rings is 1. The second-order valence-corrected chi connectivity index (χ2v) is 8.56. The van der Waals surface area contributed by atoms with E-state index in [1.807, 2.05) is 0 Å². The van der Waals surface area contributed by atoms with Crippen molar-refractivity contribution in [3.05, 3.63) is 47.7 Å². The number of amides is 1. The van der Waals surface area contributed by atoms with Crippen molar-refractivity contribution in [2.75, 3.05) is 26.5 Å². The van der Waals surface area contributed by atoms with Crippen molar-refractivity contribution in [2.45, 2.75) is 19.6 Å². The van der Waals surface area contributed by atoms with Gasteiger partial charge in [0, 0.05) is 19.3 Å². The molecule has 0 aliphatic carbocycles. The molecule has 2 aliphatic rings. The van der Waals surface area contributed by atoms with Gasteiger partial charge in [0.05, 0.1) is 25.5 Å². The van der Waals surface area contributed by atoms with Gasteiger partial charge in [0.15, 0.2) is 17.6 Å². The topological polar surface area (TPSA) is 124 Å². The summed E-state index contributed by atoms with van der Waals surface area (Å²) in [4.78, 5) is 26.3. The molecule has 11 heteroatoms. The number of hydrogen-bond donors (Lipinski definition) is 1. The SMILES string of the molecule is COc1ccc(CNC(=O)C(C)OC(=O)C2=CN3CCS(=O)(=O)N=C3C=C2)cc1OC. The number of nitrogens with one attached hydrogen (secondary N) is 1. The predicted octanol–water partition coefficient (Wildman–Crippen LogP) is 0.749. The van der Waals surface area contributed by atoms with E-state index in [9.17, 15) is 18.0 Å². The van der Waals surface area contributed by atoms with E-state index in [1.165, 1.54) is 39.5 Å². The van der Waals surface area contributed by atoms with Crippen molar-refractivity contribution < 1.29 is 32.2 Å². The molecule has 0 fully saturated rings. The zero-order valence-corrected chi connectivity index (χ0v) is 18.1. The highest BCUT2D eigenvalue weighted by molar-refractivity contribution is 7.90. The zero-order chi connectivity index (χ0) is 22.6. The molecule has 10 nitrogen and oxygen atoms in total. The van der Waals surface area contributed by atoms with Crippen LogP contribution in [0, 0.1) is 0 Å². The molecule has 0 aromatic heterocycles. The molecule has 1 aromatic carbocycles. The molecule has 1 amide bonds. The normalized spacial score (nSPS) is 17.6. The number of sulfonamides is 1. The van der Waals surface area contributed by atoms with Gasteiger partial charge >= 0.3 is 5.97 Å². The number of carbonyl (C=O) groups excluding carboxylic acids is 2. The van der Waals surface area contributed by atoms with Crippen molar-refractivity contribution in [1.82, 2.24) is 10.2 Å². The Morgan fingerprint density at radius 3 is 2.65 bits per heavy atom. The van der Waals surface area contributed by atoms with E-state index in [4.69, 9.17) is 14.2 Å². The van der Waals surface area contributed by atoms with Gasteiger partial charge in [0.25, 0.3) is 15.9 Å². The fourth-order valence-corrected chi connectivity index (χ4v) is 3.90. The largest absolute Gasteiger partial charge is 0.493 e. The molecule has 2 aliphatic heterocycles. The molecular formula is C20H23N3O7S. The van der Waals surface area contributed by atoms with Crippen LogP contribution in [0.4, 0.5) is 0 Å². The highest BCUT2D eigenvalue weighted by atomic mass is 32.2. The van der Waals surface area contributed by atoms with Gasteiger partial charge in [0.1, 0.15) is 5.84 Å². The molecule has 1 atom stereocenters. The smallest absolute Gasteiger partial charge is 0.340 e. The summed E-state index contributed by atoms with van der Waals surface area (Å²) in [5, 5.41) is 2.70. The first kappa shape index (κ1) is 22.3. The summed E-state index contributed by atoms with van der Waals surface area (Å²) in [7, 11) is -0.421. The first-order valence-electron chi connectivity index (χ1n) is 9.41. The maximum Gasteiger partial charge on any atom is 0.340 e. The molecule has 3 rings (SSSR count). The number of rotatable bonds is 7. The third-order valence-electron chi connectivity index (χ3n) is 4.63. The molecule has 1 unspecified atom stereocenters. The van der Waals surface area contributed by atoms with Gasteiger partial charge < -0.3 is 24.4 Å². The molecule has 0 saturated heterocycles. The van der Waals surface area contributed by atoms with Gasteiger partial charge in [-0.2, -0.15) is 0 Å². The van der Waals surface area contributed by atoms with Gasteiger partial charge in [-0.15, -0.1) is 4.40 Å². The molecule has 0 spiro atoms. The highest BCUT2D eigenvalue weighted by Crippen LogP contribution is 2.27. The van der Waals surface area contributed by atoms with Crippen LogP contribution in [-0.2, 0) is 30.9 Å². The van der Waals surface area contributed by atoms with Crippen LogP contribution in [0.3, 0.4) is 0 Å². The average molecular weight is 449 g/mol. The van der Waals surface area contributed by atoms with Gasteiger partial charge in [-0.25, -0.2) is 13.2 Å². The van der Waals surface area contributed by atoms with E-state index in [2.05, 4.69) is 9.71 Å². The zero-order valence-electron chi connectivity index (χ0n) is 17.3. The van der Waals surface area contributed by atoms with Crippen LogP contribution in [-0.4, -0.2) is 63.7 Å². The second kappa shape index (κ2) is 9.21. The number of esters is 1. The summed E-state index contributed by atoms with van der Waals surface area (Å²) < 4.78 is 42.4. The third-order valence-corrected chi connectivity index (χ3v) is 5.79. The molecule has 166 valence electrons. The molecule has 0 radical (unpaired) electrons. The molecule has 31 heavy (non-hydrogen) atoms. The molecule has 1 aromatic rings. The number of ether oxygens (including phenoxy) is 3. The second-order valence-electron chi connectivity index (χ2n) is 6.80. The maximum atomic E-state index is 12.4. The van der Waals surface area contributed by atoms with Crippen LogP contribution in [0.1, 0.15) is 12.5 Å². The highest BCUT2D eigenvalue weighted by Gasteiger charge is 2.27. The van der Waals surface area contributed by atoms with Gasteiger partial charge in [-0.1, -0.05) is 6.07 Å². The average Bonchev–Trinajstić information content (AvgIpc) is 2.76. The monoisotopic (exact) mass is 449 g/mol. The van der Waals surface area contributed by atoms with Crippen molar-refractivity contribution in [3.8, 4) is 11.5 Å². The van der Waals surface area contributed by atoms with Gasteiger partial charge in [-0.3, -0.25) is 4.79 Å². The number of hydrogen-bond acceptors (Lipinski definition) is 8.